The van der Waals surface area contributed by atoms with E-state index in [0.29, 0.717) is 11.5 Å². The Hall–Kier alpha value is -2.48. The molecule has 2 aromatic rings. The number of nitrogens with one attached hydrogen (secondary N) is 1. The maximum atomic E-state index is 11.6. The number of H-pyrrole nitrogens is 1. The van der Waals surface area contributed by atoms with Crippen LogP contribution in [0.4, 0.5) is 5.69 Å². The zero-order valence-electron chi connectivity index (χ0n) is 9.53. The molecule has 0 saturated heterocycles. The summed E-state index contributed by atoms with van der Waals surface area (Å²) in [5.74, 6) is 0.320. The van der Waals surface area contributed by atoms with Gasteiger partial charge in [-0.1, -0.05) is 6.07 Å². The highest BCUT2D eigenvalue weighted by atomic mass is 16.6. The number of nitro groups is 1. The first-order chi connectivity index (χ1) is 8.50. The molecule has 0 spiro atoms. The molecule has 94 valence electrons. The summed E-state index contributed by atoms with van der Waals surface area (Å²) in [5, 5.41) is 16.8. The SMILES string of the molecule is CC(N)c1n[nH]c(=O)n1-c1cccc([N+](=O)[O-])c1. The van der Waals surface area contributed by atoms with Crippen molar-refractivity contribution in [1.82, 2.24) is 14.8 Å². The van der Waals surface area contributed by atoms with Crippen LogP contribution in [-0.2, 0) is 0 Å². The highest BCUT2D eigenvalue weighted by molar-refractivity contribution is 5.43. The largest absolute Gasteiger partial charge is 0.347 e. The third-order valence-corrected chi connectivity index (χ3v) is 2.40. The van der Waals surface area contributed by atoms with E-state index < -0.39 is 16.7 Å². The number of nitrogens with two attached hydrogens (primary N) is 1. The summed E-state index contributed by atoms with van der Waals surface area (Å²) in [6.45, 7) is 1.67. The van der Waals surface area contributed by atoms with Gasteiger partial charge < -0.3 is 5.73 Å². The minimum atomic E-state index is -0.528. The smallest absolute Gasteiger partial charge is 0.322 e. The second kappa shape index (κ2) is 4.41. The van der Waals surface area contributed by atoms with Crippen LogP contribution in [0.3, 0.4) is 0 Å². The van der Waals surface area contributed by atoms with Crippen LogP contribution in [0.25, 0.3) is 5.69 Å². The fourth-order valence-electron chi connectivity index (χ4n) is 1.61. The molecule has 8 heteroatoms. The van der Waals surface area contributed by atoms with E-state index in [1.165, 1.54) is 22.8 Å². The summed E-state index contributed by atoms with van der Waals surface area (Å²) >= 11 is 0. The molecular formula is C10H11N5O3. The van der Waals surface area contributed by atoms with Gasteiger partial charge in [-0.15, -0.1) is 0 Å². The standard InChI is InChI=1S/C10H11N5O3/c1-6(11)9-12-13-10(16)14(9)7-3-2-4-8(5-7)15(17)18/h2-6H,11H2,1H3,(H,13,16). The summed E-state index contributed by atoms with van der Waals surface area (Å²) in [4.78, 5) is 21.8. The molecule has 0 radical (unpaired) electrons. The molecule has 3 N–H and O–H groups in total. The van der Waals surface area contributed by atoms with E-state index in [1.807, 2.05) is 0 Å². The third-order valence-electron chi connectivity index (χ3n) is 2.40. The maximum absolute atomic E-state index is 11.6. The van der Waals surface area contributed by atoms with Gasteiger partial charge in [0.15, 0.2) is 5.82 Å². The van der Waals surface area contributed by atoms with Crippen LogP contribution in [0, 0.1) is 10.1 Å². The number of benzene rings is 1. The minimum Gasteiger partial charge on any atom is -0.322 e. The highest BCUT2D eigenvalue weighted by Crippen LogP contribution is 2.17. The van der Waals surface area contributed by atoms with Gasteiger partial charge >= 0.3 is 5.69 Å². The molecule has 0 bridgehead atoms. The number of nitro benzene ring substituents is 1. The fourth-order valence-corrected chi connectivity index (χ4v) is 1.61. The number of hydrogen-bond acceptors (Lipinski definition) is 5. The number of nitrogens with zero attached hydrogens (tertiary/aromatic N) is 3. The first-order valence-electron chi connectivity index (χ1n) is 5.18. The zero-order valence-corrected chi connectivity index (χ0v) is 9.53. The number of hydrogen-bond donors (Lipinski definition) is 2. The molecule has 0 aliphatic rings. The van der Waals surface area contributed by atoms with E-state index in [9.17, 15) is 14.9 Å². The number of aromatic nitrogens is 3. The molecule has 1 aromatic heterocycles. The summed E-state index contributed by atoms with van der Waals surface area (Å²) in [5.41, 5.74) is 5.46. The monoisotopic (exact) mass is 249 g/mol. The average molecular weight is 249 g/mol. The molecule has 0 aliphatic carbocycles. The first-order valence-corrected chi connectivity index (χ1v) is 5.18. The Morgan fingerprint density at radius 1 is 1.56 bits per heavy atom. The molecule has 2 rings (SSSR count). The van der Waals surface area contributed by atoms with Gasteiger partial charge in [-0.05, 0) is 13.0 Å². The van der Waals surface area contributed by atoms with E-state index in [2.05, 4.69) is 10.2 Å². The van der Waals surface area contributed by atoms with E-state index in [-0.39, 0.29) is 5.69 Å². The second-order valence-electron chi connectivity index (χ2n) is 3.79. The topological polar surface area (TPSA) is 120 Å². The van der Waals surface area contributed by atoms with Crippen LogP contribution < -0.4 is 11.4 Å². The molecular weight excluding hydrogens is 238 g/mol. The second-order valence-corrected chi connectivity index (χ2v) is 3.79. The maximum Gasteiger partial charge on any atom is 0.347 e. The van der Waals surface area contributed by atoms with Crippen molar-refractivity contribution in [2.75, 3.05) is 0 Å². The lowest BCUT2D eigenvalue weighted by Gasteiger charge is -2.07. The van der Waals surface area contributed by atoms with Crippen molar-refractivity contribution >= 4 is 5.69 Å². The number of aromatic amines is 1. The Morgan fingerprint density at radius 2 is 2.28 bits per heavy atom. The lowest BCUT2D eigenvalue weighted by Crippen LogP contribution is -2.20. The summed E-state index contributed by atoms with van der Waals surface area (Å²) in [6, 6.07) is 5.25. The van der Waals surface area contributed by atoms with Crippen LogP contribution in [0.5, 0.6) is 0 Å². The molecule has 0 fully saturated rings. The molecule has 1 atom stereocenters. The minimum absolute atomic E-state index is 0.101. The summed E-state index contributed by atoms with van der Waals surface area (Å²) in [7, 11) is 0. The molecule has 1 aromatic carbocycles. The Bertz CT molecular complexity index is 643. The van der Waals surface area contributed by atoms with Crippen LogP contribution in [0.2, 0.25) is 0 Å². The highest BCUT2D eigenvalue weighted by Gasteiger charge is 2.15. The predicted molar refractivity (Wildman–Crippen MR) is 63.4 cm³/mol. The Balaban J connectivity index is 2.62. The molecule has 0 aliphatic heterocycles. The molecule has 8 nitrogen and oxygen atoms in total. The third kappa shape index (κ3) is 2.00. The lowest BCUT2D eigenvalue weighted by molar-refractivity contribution is -0.384. The van der Waals surface area contributed by atoms with Crippen LogP contribution in [-0.4, -0.2) is 19.7 Å². The Morgan fingerprint density at radius 3 is 2.89 bits per heavy atom. The Kier molecular flexibility index (Phi) is 2.94. The van der Waals surface area contributed by atoms with Crippen LogP contribution in [0.1, 0.15) is 18.8 Å². The van der Waals surface area contributed by atoms with Gasteiger partial charge in [0.25, 0.3) is 5.69 Å². The van der Waals surface area contributed by atoms with Crippen LogP contribution in [0.15, 0.2) is 29.1 Å². The van der Waals surface area contributed by atoms with Crippen LogP contribution >= 0.6 is 0 Å². The normalized spacial score (nSPS) is 12.3. The van der Waals surface area contributed by atoms with Gasteiger partial charge in [-0.3, -0.25) is 10.1 Å². The van der Waals surface area contributed by atoms with Crippen molar-refractivity contribution in [3.63, 3.8) is 0 Å². The molecule has 1 heterocycles. The molecule has 0 saturated carbocycles. The van der Waals surface area contributed by atoms with Gasteiger partial charge in [0.05, 0.1) is 16.7 Å². The van der Waals surface area contributed by atoms with E-state index in [0.717, 1.165) is 0 Å². The van der Waals surface area contributed by atoms with Gasteiger partial charge in [0, 0.05) is 12.1 Å². The lowest BCUT2D eigenvalue weighted by atomic mass is 10.2. The van der Waals surface area contributed by atoms with Gasteiger partial charge in [0.1, 0.15) is 0 Å². The van der Waals surface area contributed by atoms with Gasteiger partial charge in [-0.25, -0.2) is 14.5 Å². The molecule has 1 unspecified atom stereocenters. The van der Waals surface area contributed by atoms with Gasteiger partial charge in [-0.2, -0.15) is 5.10 Å². The van der Waals surface area contributed by atoms with Gasteiger partial charge in [0.2, 0.25) is 0 Å². The first kappa shape index (κ1) is 12.0. The number of rotatable bonds is 3. The van der Waals surface area contributed by atoms with E-state index >= 15 is 0 Å². The summed E-state index contributed by atoms with van der Waals surface area (Å²) < 4.78 is 1.22. The molecule has 0 amide bonds. The van der Waals surface area contributed by atoms with Crippen molar-refractivity contribution in [2.24, 2.45) is 5.73 Å². The van der Waals surface area contributed by atoms with Crippen molar-refractivity contribution in [1.29, 1.82) is 0 Å². The predicted octanol–water partition coefficient (Wildman–Crippen LogP) is 0.489. The van der Waals surface area contributed by atoms with Crippen molar-refractivity contribution in [2.45, 2.75) is 13.0 Å². The average Bonchev–Trinajstić information content (AvgIpc) is 2.71. The fraction of sp³-hybridized carbons (Fsp3) is 0.200. The Labute approximate surface area is 101 Å². The quantitative estimate of drug-likeness (QED) is 0.605. The van der Waals surface area contributed by atoms with E-state index in [4.69, 9.17) is 5.73 Å². The van der Waals surface area contributed by atoms with Crippen molar-refractivity contribution in [3.8, 4) is 5.69 Å². The van der Waals surface area contributed by atoms with Crippen molar-refractivity contribution < 1.29 is 4.92 Å². The molecule has 18 heavy (non-hydrogen) atoms. The summed E-state index contributed by atoms with van der Waals surface area (Å²) in [6.07, 6.45) is 0. The zero-order chi connectivity index (χ0) is 13.3. The number of non-ortho nitro benzene ring substituents is 1. The van der Waals surface area contributed by atoms with Crippen molar-refractivity contribution in [3.05, 3.63) is 50.7 Å². The van der Waals surface area contributed by atoms with E-state index in [1.54, 1.807) is 13.0 Å².